The van der Waals surface area contributed by atoms with Gasteiger partial charge < -0.3 is 4.74 Å². The summed E-state index contributed by atoms with van der Waals surface area (Å²) in [6.07, 6.45) is 0.812. The highest BCUT2D eigenvalue weighted by Crippen LogP contribution is 2.31. The van der Waals surface area contributed by atoms with E-state index >= 15 is 0 Å². The monoisotopic (exact) mass is 355 g/mol. The van der Waals surface area contributed by atoms with E-state index in [-0.39, 0.29) is 5.41 Å². The van der Waals surface area contributed by atoms with Gasteiger partial charge in [-0.3, -0.25) is 4.79 Å². The summed E-state index contributed by atoms with van der Waals surface area (Å²) in [6.45, 7) is 12.5. The highest BCUT2D eigenvalue weighted by Gasteiger charge is 2.23. The van der Waals surface area contributed by atoms with Crippen LogP contribution in [0.1, 0.15) is 43.2 Å². The summed E-state index contributed by atoms with van der Waals surface area (Å²) < 4.78 is 7.24. The van der Waals surface area contributed by atoms with Crippen molar-refractivity contribution in [3.05, 3.63) is 47.1 Å². The van der Waals surface area contributed by atoms with E-state index in [0.717, 1.165) is 33.1 Å². The zero-order chi connectivity index (χ0) is 18.2. The average Bonchev–Trinajstić information content (AvgIpc) is 3.10. The fourth-order valence-corrected chi connectivity index (χ4v) is 3.27. The Morgan fingerprint density at radius 1 is 1.32 bits per heavy atom. The van der Waals surface area contributed by atoms with Gasteiger partial charge in [0.25, 0.3) is 0 Å². The molecular weight excluding hydrogens is 334 g/mol. The molecule has 0 saturated carbocycles. The molecule has 3 rings (SSSR count). The van der Waals surface area contributed by atoms with Crippen molar-refractivity contribution in [1.29, 1.82) is 0 Å². The molecule has 0 bridgehead atoms. The van der Waals surface area contributed by atoms with Crippen LogP contribution in [0.3, 0.4) is 0 Å². The first-order valence-corrected chi connectivity index (χ1v) is 8.84. The SMILES string of the molecule is C=C(C)COc1ccc(-c2nc3sc(C(C)(C)C)nn3c2C=O)cc1. The van der Waals surface area contributed by atoms with E-state index in [1.807, 2.05) is 31.2 Å². The Bertz CT molecular complexity index is 930. The van der Waals surface area contributed by atoms with Gasteiger partial charge in [0, 0.05) is 11.0 Å². The molecule has 130 valence electrons. The number of imidazole rings is 1. The van der Waals surface area contributed by atoms with Crippen LogP contribution in [0.25, 0.3) is 16.2 Å². The van der Waals surface area contributed by atoms with Crippen LogP contribution in [-0.4, -0.2) is 27.5 Å². The molecule has 0 atom stereocenters. The fraction of sp³-hybridized carbons (Fsp3) is 0.316. The van der Waals surface area contributed by atoms with E-state index < -0.39 is 0 Å². The molecule has 0 N–H and O–H groups in total. The van der Waals surface area contributed by atoms with Gasteiger partial charge in [-0.2, -0.15) is 9.61 Å². The number of benzene rings is 1. The Hall–Kier alpha value is -2.47. The molecule has 0 amide bonds. The van der Waals surface area contributed by atoms with Crippen LogP contribution in [-0.2, 0) is 5.41 Å². The van der Waals surface area contributed by atoms with Crippen molar-refractivity contribution in [2.24, 2.45) is 0 Å². The van der Waals surface area contributed by atoms with Crippen molar-refractivity contribution in [3.63, 3.8) is 0 Å². The first-order chi connectivity index (χ1) is 11.8. The molecule has 25 heavy (non-hydrogen) atoms. The van der Waals surface area contributed by atoms with Crippen LogP contribution >= 0.6 is 11.3 Å². The Balaban J connectivity index is 1.96. The molecule has 0 saturated heterocycles. The van der Waals surface area contributed by atoms with Gasteiger partial charge in [0.1, 0.15) is 28.8 Å². The Labute approximate surface area is 151 Å². The first-order valence-electron chi connectivity index (χ1n) is 8.02. The minimum atomic E-state index is -0.0754. The number of hydrogen-bond donors (Lipinski definition) is 0. The number of carbonyl (C=O) groups excluding carboxylic acids is 1. The zero-order valence-electron chi connectivity index (χ0n) is 14.9. The number of hydrogen-bond acceptors (Lipinski definition) is 5. The summed E-state index contributed by atoms with van der Waals surface area (Å²) in [5.74, 6) is 0.758. The maximum Gasteiger partial charge on any atom is 0.213 e. The molecule has 0 aliphatic carbocycles. The molecule has 3 aromatic rings. The van der Waals surface area contributed by atoms with Gasteiger partial charge in [-0.15, -0.1) is 0 Å². The second-order valence-electron chi connectivity index (χ2n) is 7.09. The lowest BCUT2D eigenvalue weighted by molar-refractivity contribution is 0.111. The van der Waals surface area contributed by atoms with Crippen molar-refractivity contribution in [2.45, 2.75) is 33.1 Å². The topological polar surface area (TPSA) is 56.5 Å². The van der Waals surface area contributed by atoms with Gasteiger partial charge in [0.15, 0.2) is 6.29 Å². The highest BCUT2D eigenvalue weighted by atomic mass is 32.1. The summed E-state index contributed by atoms with van der Waals surface area (Å²) in [7, 11) is 0. The summed E-state index contributed by atoms with van der Waals surface area (Å²) in [5.41, 5.74) is 2.86. The smallest absolute Gasteiger partial charge is 0.213 e. The number of nitrogens with zero attached hydrogens (tertiary/aromatic N) is 3. The maximum atomic E-state index is 11.6. The normalized spacial score (nSPS) is 11.7. The van der Waals surface area contributed by atoms with Gasteiger partial charge in [-0.25, -0.2) is 4.98 Å². The lowest BCUT2D eigenvalue weighted by atomic mass is 9.98. The molecule has 0 aliphatic rings. The lowest BCUT2D eigenvalue weighted by Gasteiger charge is -2.12. The number of fused-ring (bicyclic) bond motifs is 1. The number of rotatable bonds is 5. The lowest BCUT2D eigenvalue weighted by Crippen LogP contribution is -2.11. The largest absolute Gasteiger partial charge is 0.489 e. The van der Waals surface area contributed by atoms with Crippen molar-refractivity contribution in [2.75, 3.05) is 6.61 Å². The second kappa shape index (κ2) is 6.44. The fourth-order valence-electron chi connectivity index (χ4n) is 2.30. The number of aromatic nitrogens is 3. The average molecular weight is 355 g/mol. The Morgan fingerprint density at radius 3 is 2.56 bits per heavy atom. The summed E-state index contributed by atoms with van der Waals surface area (Å²) in [4.78, 5) is 17.0. The molecule has 2 aromatic heterocycles. The molecule has 6 heteroatoms. The highest BCUT2D eigenvalue weighted by molar-refractivity contribution is 7.16. The summed E-state index contributed by atoms with van der Waals surface area (Å²) in [6, 6.07) is 7.54. The van der Waals surface area contributed by atoms with Crippen LogP contribution in [0, 0.1) is 0 Å². The van der Waals surface area contributed by atoms with E-state index in [1.165, 1.54) is 11.3 Å². The third-order valence-electron chi connectivity index (χ3n) is 3.60. The van der Waals surface area contributed by atoms with E-state index in [1.54, 1.807) is 4.52 Å². The van der Waals surface area contributed by atoms with Gasteiger partial charge in [-0.05, 0) is 36.8 Å². The Kier molecular flexibility index (Phi) is 4.47. The Morgan fingerprint density at radius 2 is 2.00 bits per heavy atom. The molecular formula is C19H21N3O2S. The third-order valence-corrected chi connectivity index (χ3v) is 4.94. The molecule has 0 fully saturated rings. The first kappa shape index (κ1) is 17.4. The predicted molar refractivity (Wildman–Crippen MR) is 101 cm³/mol. The van der Waals surface area contributed by atoms with Crippen LogP contribution in [0.4, 0.5) is 0 Å². The van der Waals surface area contributed by atoms with Crippen LogP contribution in [0.15, 0.2) is 36.4 Å². The molecule has 0 spiro atoms. The predicted octanol–water partition coefficient (Wildman–Crippen LogP) is 4.52. The van der Waals surface area contributed by atoms with Gasteiger partial charge in [0.05, 0.1) is 0 Å². The second-order valence-corrected chi connectivity index (χ2v) is 8.04. The number of carbonyl (C=O) groups is 1. The van der Waals surface area contributed by atoms with Crippen molar-refractivity contribution >= 4 is 22.6 Å². The number of ether oxygens (including phenoxy) is 1. The van der Waals surface area contributed by atoms with E-state index in [0.29, 0.717) is 18.0 Å². The maximum absolute atomic E-state index is 11.6. The molecule has 0 radical (unpaired) electrons. The van der Waals surface area contributed by atoms with E-state index in [2.05, 4.69) is 37.4 Å². The van der Waals surface area contributed by atoms with Crippen molar-refractivity contribution in [1.82, 2.24) is 14.6 Å². The molecule has 1 aromatic carbocycles. The van der Waals surface area contributed by atoms with Crippen LogP contribution in [0.5, 0.6) is 5.75 Å². The number of aldehydes is 1. The molecule has 5 nitrogen and oxygen atoms in total. The molecule has 2 heterocycles. The van der Waals surface area contributed by atoms with Crippen LogP contribution < -0.4 is 4.74 Å². The van der Waals surface area contributed by atoms with Gasteiger partial charge in [0.2, 0.25) is 4.96 Å². The molecule has 0 aliphatic heterocycles. The molecule has 0 unspecified atom stereocenters. The van der Waals surface area contributed by atoms with Gasteiger partial charge >= 0.3 is 0 Å². The van der Waals surface area contributed by atoms with Crippen LogP contribution in [0.2, 0.25) is 0 Å². The minimum absolute atomic E-state index is 0.0754. The van der Waals surface area contributed by atoms with Crippen molar-refractivity contribution in [3.8, 4) is 17.0 Å². The summed E-state index contributed by atoms with van der Waals surface area (Å²) in [5, 5.41) is 5.53. The zero-order valence-corrected chi connectivity index (χ0v) is 15.7. The minimum Gasteiger partial charge on any atom is -0.489 e. The van der Waals surface area contributed by atoms with Gasteiger partial charge in [-0.1, -0.05) is 38.7 Å². The van der Waals surface area contributed by atoms with E-state index in [4.69, 9.17) is 4.74 Å². The standard InChI is InChI=1S/C19H21N3O2S/c1-12(2)11-24-14-8-6-13(7-9-14)16-15(10-23)22-18(20-16)25-17(21-22)19(3,4)5/h6-10H,1,11H2,2-5H3. The van der Waals surface area contributed by atoms with Crippen molar-refractivity contribution < 1.29 is 9.53 Å². The summed E-state index contributed by atoms with van der Waals surface area (Å²) >= 11 is 1.51. The third kappa shape index (κ3) is 3.49. The van der Waals surface area contributed by atoms with E-state index in [9.17, 15) is 4.79 Å². The quantitative estimate of drug-likeness (QED) is 0.499.